The second-order valence-electron chi connectivity index (χ2n) is 6.26. The highest BCUT2D eigenvalue weighted by atomic mass is 79.9. The smallest absolute Gasteiger partial charge is 0.328 e. The normalized spacial score (nSPS) is 11.8. The number of nitrogens with one attached hydrogen (secondary N) is 2. The van der Waals surface area contributed by atoms with E-state index in [1.165, 1.54) is 7.11 Å². The number of aromatic nitrogens is 1. The van der Waals surface area contributed by atoms with Crippen LogP contribution < -0.4 is 10.1 Å². The molecule has 1 unspecified atom stereocenters. The van der Waals surface area contributed by atoms with Crippen LogP contribution >= 0.6 is 15.9 Å². The molecule has 1 heterocycles. The van der Waals surface area contributed by atoms with Crippen LogP contribution in [0, 0.1) is 0 Å². The number of hydrogen-bond acceptors (Lipinski definition) is 4. The van der Waals surface area contributed by atoms with Gasteiger partial charge in [0.15, 0.2) is 0 Å². The highest BCUT2D eigenvalue weighted by molar-refractivity contribution is 9.10. The molecule has 2 N–H and O–H groups in total. The molecule has 3 aromatic rings. The van der Waals surface area contributed by atoms with Crippen LogP contribution in [-0.4, -0.2) is 36.6 Å². The maximum absolute atomic E-state index is 12.3. The van der Waals surface area contributed by atoms with E-state index in [1.54, 1.807) is 0 Å². The van der Waals surface area contributed by atoms with Crippen LogP contribution in [0.4, 0.5) is 0 Å². The number of halogens is 1. The number of hydrogen-bond donors (Lipinski definition) is 2. The molecule has 0 spiro atoms. The first kappa shape index (κ1) is 19.9. The van der Waals surface area contributed by atoms with Gasteiger partial charge in [-0.1, -0.05) is 40.2 Å². The van der Waals surface area contributed by atoms with Crippen LogP contribution in [0.25, 0.3) is 10.9 Å². The van der Waals surface area contributed by atoms with Gasteiger partial charge in [0.2, 0.25) is 5.91 Å². The van der Waals surface area contributed by atoms with Crippen molar-refractivity contribution < 1.29 is 19.1 Å². The molecule has 1 aromatic heterocycles. The molecule has 0 bridgehead atoms. The molecule has 2 aromatic carbocycles. The van der Waals surface area contributed by atoms with E-state index in [1.807, 2.05) is 54.7 Å². The predicted molar refractivity (Wildman–Crippen MR) is 110 cm³/mol. The van der Waals surface area contributed by atoms with E-state index in [9.17, 15) is 9.59 Å². The summed E-state index contributed by atoms with van der Waals surface area (Å²) in [6.07, 6.45) is 2.33. The summed E-state index contributed by atoms with van der Waals surface area (Å²) in [5, 5.41) is 3.77. The van der Waals surface area contributed by atoms with Gasteiger partial charge in [0.05, 0.1) is 20.1 Å². The summed E-state index contributed by atoms with van der Waals surface area (Å²) in [6.45, 7) is 0.212. The molecule has 7 heteroatoms. The van der Waals surface area contributed by atoms with Gasteiger partial charge in [0.1, 0.15) is 11.8 Å². The van der Waals surface area contributed by atoms with Gasteiger partial charge < -0.3 is 19.8 Å². The zero-order chi connectivity index (χ0) is 19.9. The number of amides is 1. The van der Waals surface area contributed by atoms with E-state index < -0.39 is 12.0 Å². The Morgan fingerprint density at radius 1 is 1.18 bits per heavy atom. The first-order chi connectivity index (χ1) is 13.6. The third kappa shape index (κ3) is 5.13. The highest BCUT2D eigenvalue weighted by Gasteiger charge is 2.23. The number of H-pyrrole nitrogens is 1. The van der Waals surface area contributed by atoms with Crippen molar-refractivity contribution in [2.24, 2.45) is 0 Å². The minimum Gasteiger partial charge on any atom is -0.493 e. The number of fused-ring (bicyclic) bond motifs is 1. The topological polar surface area (TPSA) is 80.4 Å². The number of benzene rings is 2. The average molecular weight is 445 g/mol. The maximum atomic E-state index is 12.3. The van der Waals surface area contributed by atoms with Gasteiger partial charge in [0.25, 0.3) is 0 Å². The standard InChI is InChI=1S/C21H21BrN2O4/c1-27-21(26)19(11-14-13-23-18-8-3-2-7-17(14)18)24-20(25)9-10-28-16-6-4-5-15(22)12-16/h2-8,12-13,19,23H,9-11H2,1H3,(H,24,25). The molecule has 1 atom stereocenters. The van der Waals surface area contributed by atoms with Gasteiger partial charge in [-0.25, -0.2) is 4.79 Å². The van der Waals surface area contributed by atoms with Gasteiger partial charge in [-0.2, -0.15) is 0 Å². The van der Waals surface area contributed by atoms with E-state index in [2.05, 4.69) is 26.2 Å². The number of carbonyl (C=O) groups is 2. The monoisotopic (exact) mass is 444 g/mol. The van der Waals surface area contributed by atoms with Crippen molar-refractivity contribution in [3.8, 4) is 5.75 Å². The minimum atomic E-state index is -0.762. The van der Waals surface area contributed by atoms with E-state index in [4.69, 9.17) is 9.47 Å². The number of para-hydroxylation sites is 1. The quantitative estimate of drug-likeness (QED) is 0.520. The first-order valence-corrected chi connectivity index (χ1v) is 9.66. The van der Waals surface area contributed by atoms with Gasteiger partial charge in [0, 0.05) is 28.0 Å². The molecule has 0 aliphatic carbocycles. The van der Waals surface area contributed by atoms with Crippen molar-refractivity contribution in [1.82, 2.24) is 10.3 Å². The van der Waals surface area contributed by atoms with Gasteiger partial charge in [-0.05, 0) is 29.8 Å². The zero-order valence-electron chi connectivity index (χ0n) is 15.4. The lowest BCUT2D eigenvalue weighted by molar-refractivity contribution is -0.145. The van der Waals surface area contributed by atoms with Crippen LogP contribution in [0.15, 0.2) is 59.2 Å². The molecular weight excluding hydrogens is 424 g/mol. The molecule has 0 aliphatic heterocycles. The lowest BCUT2D eigenvalue weighted by Gasteiger charge is -2.16. The molecule has 28 heavy (non-hydrogen) atoms. The van der Waals surface area contributed by atoms with Gasteiger partial charge in [-0.3, -0.25) is 4.79 Å². The second kappa shape index (κ2) is 9.41. The number of methoxy groups -OCH3 is 1. The summed E-state index contributed by atoms with van der Waals surface area (Å²) in [5.74, 6) is -0.0812. The predicted octanol–water partition coefficient (Wildman–Crippen LogP) is 3.60. The van der Waals surface area contributed by atoms with Crippen molar-refractivity contribution in [3.63, 3.8) is 0 Å². The van der Waals surface area contributed by atoms with Gasteiger partial charge >= 0.3 is 5.97 Å². The molecule has 0 saturated heterocycles. The van der Waals surface area contributed by atoms with Crippen molar-refractivity contribution in [2.75, 3.05) is 13.7 Å². The summed E-state index contributed by atoms with van der Waals surface area (Å²) in [4.78, 5) is 27.6. The highest BCUT2D eigenvalue weighted by Crippen LogP contribution is 2.20. The van der Waals surface area contributed by atoms with Crippen molar-refractivity contribution >= 4 is 38.7 Å². The van der Waals surface area contributed by atoms with Crippen molar-refractivity contribution in [3.05, 3.63) is 64.8 Å². The fourth-order valence-electron chi connectivity index (χ4n) is 2.94. The molecule has 0 radical (unpaired) electrons. The summed E-state index contributed by atoms with van der Waals surface area (Å²) in [6, 6.07) is 14.4. The second-order valence-corrected chi connectivity index (χ2v) is 7.18. The van der Waals surface area contributed by atoms with E-state index in [-0.39, 0.29) is 18.9 Å². The fourth-order valence-corrected chi connectivity index (χ4v) is 3.32. The lowest BCUT2D eigenvalue weighted by Crippen LogP contribution is -2.43. The van der Waals surface area contributed by atoms with Crippen LogP contribution in [0.2, 0.25) is 0 Å². The Bertz CT molecular complexity index is 970. The maximum Gasteiger partial charge on any atom is 0.328 e. The third-order valence-corrected chi connectivity index (χ3v) is 4.81. The zero-order valence-corrected chi connectivity index (χ0v) is 17.0. The Kier molecular flexibility index (Phi) is 6.71. The molecule has 3 rings (SSSR count). The third-order valence-electron chi connectivity index (χ3n) is 4.31. The van der Waals surface area contributed by atoms with Crippen LogP contribution in [-0.2, 0) is 20.7 Å². The number of rotatable bonds is 8. The fraction of sp³-hybridized carbons (Fsp3) is 0.238. The lowest BCUT2D eigenvalue weighted by atomic mass is 10.0. The van der Waals surface area contributed by atoms with E-state index >= 15 is 0 Å². The molecule has 0 aliphatic rings. The first-order valence-electron chi connectivity index (χ1n) is 8.87. The molecule has 146 valence electrons. The Hall–Kier alpha value is -2.80. The van der Waals surface area contributed by atoms with Gasteiger partial charge in [-0.15, -0.1) is 0 Å². The average Bonchev–Trinajstić information content (AvgIpc) is 3.10. The van der Waals surface area contributed by atoms with Crippen molar-refractivity contribution in [1.29, 1.82) is 0 Å². The molecule has 0 fully saturated rings. The molecular formula is C21H21BrN2O4. The Morgan fingerprint density at radius 3 is 2.79 bits per heavy atom. The Balaban J connectivity index is 1.59. The van der Waals surface area contributed by atoms with Crippen LogP contribution in [0.1, 0.15) is 12.0 Å². The summed E-state index contributed by atoms with van der Waals surface area (Å²) < 4.78 is 11.3. The van der Waals surface area contributed by atoms with Crippen LogP contribution in [0.3, 0.4) is 0 Å². The number of carbonyl (C=O) groups excluding carboxylic acids is 2. The summed E-state index contributed by atoms with van der Waals surface area (Å²) in [5.41, 5.74) is 1.92. The molecule has 1 amide bonds. The largest absolute Gasteiger partial charge is 0.493 e. The van der Waals surface area contributed by atoms with E-state index in [0.29, 0.717) is 12.2 Å². The minimum absolute atomic E-state index is 0.133. The molecule has 6 nitrogen and oxygen atoms in total. The SMILES string of the molecule is COC(=O)C(Cc1c[nH]c2ccccc12)NC(=O)CCOc1cccc(Br)c1. The van der Waals surface area contributed by atoms with Crippen LogP contribution in [0.5, 0.6) is 5.75 Å². The number of ether oxygens (including phenoxy) is 2. The summed E-state index contributed by atoms with van der Waals surface area (Å²) >= 11 is 3.37. The summed E-state index contributed by atoms with van der Waals surface area (Å²) in [7, 11) is 1.31. The molecule has 0 saturated carbocycles. The number of aromatic amines is 1. The van der Waals surface area contributed by atoms with E-state index in [0.717, 1.165) is 20.9 Å². The Morgan fingerprint density at radius 2 is 2.00 bits per heavy atom. The number of esters is 1. The Labute approximate surface area is 171 Å². The van der Waals surface area contributed by atoms with Crippen molar-refractivity contribution in [2.45, 2.75) is 18.9 Å².